The number of hydrogen-bond acceptors (Lipinski definition) is 6. The summed E-state index contributed by atoms with van der Waals surface area (Å²) >= 11 is 6.18. The van der Waals surface area contributed by atoms with Crippen LogP contribution in [0.3, 0.4) is 0 Å². The Balaban J connectivity index is 1.40. The fraction of sp³-hybridized carbons (Fsp3) is 0.519. The Morgan fingerprint density at radius 1 is 1.17 bits per heavy atom. The summed E-state index contributed by atoms with van der Waals surface area (Å²) < 4.78 is 6.31. The maximum Gasteiger partial charge on any atom is 0.253 e. The van der Waals surface area contributed by atoms with E-state index in [0.717, 1.165) is 38.5 Å². The summed E-state index contributed by atoms with van der Waals surface area (Å²) in [5, 5.41) is 12.7. The van der Waals surface area contributed by atoms with Crippen molar-refractivity contribution in [1.82, 2.24) is 15.2 Å². The number of piperazine rings is 1. The summed E-state index contributed by atoms with van der Waals surface area (Å²) in [7, 11) is 0. The van der Waals surface area contributed by atoms with Gasteiger partial charge in [-0.15, -0.1) is 0 Å². The third-order valence-electron chi connectivity index (χ3n) is 7.58. The number of halogens is 1. The predicted octanol–water partition coefficient (Wildman–Crippen LogP) is 4.36. The zero-order valence-corrected chi connectivity index (χ0v) is 21.9. The summed E-state index contributed by atoms with van der Waals surface area (Å²) in [6.45, 7) is 15.6. The Morgan fingerprint density at radius 3 is 2.40 bits per heavy atom. The number of amides is 1. The topological polar surface area (TPSA) is 81.5 Å². The molecule has 1 aromatic carbocycles. The molecule has 8 heteroatoms. The minimum Gasteiger partial charge on any atom is -0.489 e. The van der Waals surface area contributed by atoms with Gasteiger partial charge >= 0.3 is 0 Å². The van der Waals surface area contributed by atoms with Crippen molar-refractivity contribution in [2.45, 2.75) is 46.8 Å². The van der Waals surface area contributed by atoms with Gasteiger partial charge in [-0.1, -0.05) is 46.2 Å². The molecule has 1 amide bonds. The van der Waals surface area contributed by atoms with E-state index in [1.54, 1.807) is 24.4 Å². The first kappa shape index (κ1) is 25.3. The van der Waals surface area contributed by atoms with E-state index in [1.807, 2.05) is 12.1 Å². The fourth-order valence-electron chi connectivity index (χ4n) is 5.81. The first-order chi connectivity index (χ1) is 16.6. The van der Waals surface area contributed by atoms with E-state index in [-0.39, 0.29) is 28.9 Å². The number of nitrogens with zero attached hydrogens (tertiary/aromatic N) is 4. The summed E-state index contributed by atoms with van der Waals surface area (Å²) in [6, 6.07) is 10.9. The highest BCUT2D eigenvalue weighted by molar-refractivity contribution is 6.31. The molecule has 1 N–H and O–H groups in total. The van der Waals surface area contributed by atoms with Crippen molar-refractivity contribution in [2.24, 2.45) is 10.8 Å². The van der Waals surface area contributed by atoms with Gasteiger partial charge in [-0.2, -0.15) is 5.26 Å². The molecule has 35 heavy (non-hydrogen) atoms. The van der Waals surface area contributed by atoms with Crippen molar-refractivity contribution in [3.05, 3.63) is 52.7 Å². The van der Waals surface area contributed by atoms with E-state index in [4.69, 9.17) is 21.6 Å². The molecule has 2 fully saturated rings. The molecule has 1 aliphatic heterocycles. The van der Waals surface area contributed by atoms with E-state index in [0.29, 0.717) is 21.9 Å². The highest BCUT2D eigenvalue weighted by atomic mass is 35.5. The lowest BCUT2D eigenvalue weighted by Crippen LogP contribution is -2.74. The zero-order chi connectivity index (χ0) is 25.4. The number of benzene rings is 1. The quantitative estimate of drug-likeness (QED) is 0.641. The molecule has 1 aromatic heterocycles. The molecule has 0 unspecified atom stereocenters. The lowest BCUT2D eigenvalue weighted by molar-refractivity contribution is -0.164. The second kappa shape index (κ2) is 9.67. The number of ether oxygens (including phenoxy) is 1. The average Bonchev–Trinajstić information content (AvgIpc) is 2.85. The van der Waals surface area contributed by atoms with Gasteiger partial charge in [0.15, 0.2) is 0 Å². The number of likely N-dealkylation sites (N-methyl/N-ethyl adjacent to an activating group) is 1. The molecule has 0 radical (unpaired) electrons. The lowest BCUT2D eigenvalue weighted by atomic mass is 9.49. The van der Waals surface area contributed by atoms with Crippen LogP contribution in [0.5, 0.6) is 5.75 Å². The Bertz CT molecular complexity index is 1100. The second-order valence-electron chi connectivity index (χ2n) is 10.6. The van der Waals surface area contributed by atoms with Crippen LogP contribution >= 0.6 is 11.6 Å². The molecule has 2 aliphatic rings. The van der Waals surface area contributed by atoms with Crippen LogP contribution in [0.25, 0.3) is 0 Å². The number of aromatic nitrogens is 1. The van der Waals surface area contributed by atoms with Crippen molar-refractivity contribution in [3.8, 4) is 11.8 Å². The van der Waals surface area contributed by atoms with Gasteiger partial charge in [-0.25, -0.2) is 4.98 Å². The van der Waals surface area contributed by atoms with Crippen LogP contribution in [-0.4, -0.2) is 60.7 Å². The normalized spacial score (nSPS) is 23.2. The van der Waals surface area contributed by atoms with Crippen molar-refractivity contribution in [3.63, 3.8) is 0 Å². The van der Waals surface area contributed by atoms with Crippen molar-refractivity contribution >= 4 is 23.3 Å². The van der Waals surface area contributed by atoms with Gasteiger partial charge in [0, 0.05) is 55.3 Å². The van der Waals surface area contributed by atoms with Gasteiger partial charge in [-0.05, 0) is 30.8 Å². The summed E-state index contributed by atoms with van der Waals surface area (Å²) in [5.74, 6) is 1.39. The third-order valence-corrected chi connectivity index (χ3v) is 7.90. The van der Waals surface area contributed by atoms with Crippen LogP contribution in [0.4, 0.5) is 5.82 Å². The first-order valence-electron chi connectivity index (χ1n) is 12.2. The summed E-state index contributed by atoms with van der Waals surface area (Å²) in [5.41, 5.74) is 0.340. The number of pyridine rings is 1. The van der Waals surface area contributed by atoms with Crippen molar-refractivity contribution in [1.29, 1.82) is 5.26 Å². The fourth-order valence-corrected chi connectivity index (χ4v) is 6.02. The number of nitrogens with one attached hydrogen (secondary N) is 1. The van der Waals surface area contributed by atoms with Crippen LogP contribution in [0.1, 0.15) is 50.5 Å². The first-order valence-corrected chi connectivity index (χ1v) is 12.6. The molecule has 0 atom stereocenters. The van der Waals surface area contributed by atoms with E-state index < -0.39 is 0 Å². The van der Waals surface area contributed by atoms with Gasteiger partial charge in [0.25, 0.3) is 5.91 Å². The number of nitriles is 1. The Hall–Kier alpha value is -2.82. The largest absolute Gasteiger partial charge is 0.489 e. The van der Waals surface area contributed by atoms with Crippen LogP contribution < -0.4 is 15.0 Å². The smallest absolute Gasteiger partial charge is 0.253 e. The van der Waals surface area contributed by atoms with Gasteiger partial charge in [0.2, 0.25) is 0 Å². The van der Waals surface area contributed by atoms with Crippen LogP contribution in [0.2, 0.25) is 5.02 Å². The molecular weight excluding hydrogens is 462 g/mol. The third kappa shape index (κ3) is 4.82. The van der Waals surface area contributed by atoms with Gasteiger partial charge in [0.1, 0.15) is 23.7 Å². The highest BCUT2D eigenvalue weighted by Gasteiger charge is 2.64. The van der Waals surface area contributed by atoms with Crippen molar-refractivity contribution < 1.29 is 9.53 Å². The predicted molar refractivity (Wildman–Crippen MR) is 138 cm³/mol. The second-order valence-corrected chi connectivity index (χ2v) is 11.0. The van der Waals surface area contributed by atoms with Gasteiger partial charge in [0.05, 0.1) is 16.1 Å². The molecule has 0 bridgehead atoms. The van der Waals surface area contributed by atoms with E-state index in [1.165, 1.54) is 0 Å². The van der Waals surface area contributed by atoms with E-state index >= 15 is 0 Å². The van der Waals surface area contributed by atoms with Crippen LogP contribution in [0.15, 0.2) is 36.5 Å². The molecule has 186 valence electrons. The number of hydrogen-bond donors (Lipinski definition) is 1. The lowest BCUT2D eigenvalue weighted by Gasteiger charge is -2.63. The monoisotopic (exact) mass is 495 g/mol. The van der Waals surface area contributed by atoms with Gasteiger partial charge < -0.3 is 19.9 Å². The molecule has 2 heterocycles. The summed E-state index contributed by atoms with van der Waals surface area (Å²) in [4.78, 5) is 22.4. The minimum atomic E-state index is -0.314. The average molecular weight is 496 g/mol. The molecule has 0 spiro atoms. The summed E-state index contributed by atoms with van der Waals surface area (Å²) in [6.07, 6.45) is 1.52. The Morgan fingerprint density at radius 2 is 1.86 bits per heavy atom. The molecule has 1 aliphatic carbocycles. The zero-order valence-electron chi connectivity index (χ0n) is 21.1. The highest BCUT2D eigenvalue weighted by Crippen LogP contribution is 2.55. The standard InChI is InChI=1S/C27H34ClN5O2/c1-6-32-11-13-33(14-12-32)22-10-8-19(17-30-22)23(34)31-24-26(2,3)25(27(24,4)5)35-20-9-7-18(16-29)21(28)15-20/h7-10,15,17,24-25H,6,11-14H2,1-5H3,(H,31,34). The van der Waals surface area contributed by atoms with Gasteiger partial charge in [-0.3, -0.25) is 4.79 Å². The van der Waals surface area contributed by atoms with E-state index in [9.17, 15) is 4.79 Å². The number of anilines is 1. The Kier molecular flexibility index (Phi) is 6.99. The number of carbonyl (C=O) groups excluding carboxylic acids is 1. The maximum atomic E-state index is 13.1. The minimum absolute atomic E-state index is 0.0943. The van der Waals surface area contributed by atoms with Crippen LogP contribution in [0, 0.1) is 22.2 Å². The molecular formula is C27H34ClN5O2. The molecule has 1 saturated carbocycles. The van der Waals surface area contributed by atoms with Crippen molar-refractivity contribution in [2.75, 3.05) is 37.6 Å². The molecule has 4 rings (SSSR count). The number of carbonyl (C=O) groups is 1. The number of rotatable bonds is 6. The molecule has 7 nitrogen and oxygen atoms in total. The molecule has 1 saturated heterocycles. The maximum absolute atomic E-state index is 13.1. The van der Waals surface area contributed by atoms with E-state index in [2.05, 4.69) is 60.8 Å². The molecule has 2 aromatic rings. The van der Waals surface area contributed by atoms with Crippen LogP contribution in [-0.2, 0) is 0 Å². The SMILES string of the molecule is CCN1CCN(c2ccc(C(=O)NC3C(C)(C)C(Oc4ccc(C#N)c(Cl)c4)C3(C)C)cn2)CC1. The Labute approximate surface area is 213 Å².